The normalized spacial score (nSPS) is 10.1. The zero-order chi connectivity index (χ0) is 17.8. The summed E-state index contributed by atoms with van der Waals surface area (Å²) in [4.78, 5) is 4.45. The van der Waals surface area contributed by atoms with Crippen LogP contribution >= 0.6 is 15.9 Å². The molecule has 0 spiro atoms. The fraction of sp³-hybridized carbons (Fsp3) is 0. The first-order valence-electron chi connectivity index (χ1n) is 8.32. The summed E-state index contributed by atoms with van der Waals surface area (Å²) in [6.07, 6.45) is 1.82. The molecule has 0 radical (unpaired) electrons. The molecular weight excluding hydrogens is 442 g/mol. The Morgan fingerprint density at radius 1 is 0.889 bits per heavy atom. The second kappa shape index (κ2) is 8.96. The SMILES string of the molecule is Brc1c(-c2ccccc2)nn2c(-[c-]3cccc3)ccnc12.[Fe+2].c1cc[cH-]c1. The topological polar surface area (TPSA) is 30.2 Å². The van der Waals surface area contributed by atoms with Gasteiger partial charge in [0.1, 0.15) is 5.69 Å². The minimum atomic E-state index is 0. The standard InChI is InChI=1S/C17H11BrN3.C5H5.Fe/c18-15-16(13-8-2-1-3-9-13)20-21-14(10-11-19-17(15)21)12-6-4-5-7-12;1-2-4-5-3-1;/h1-11H;1-5H;/q2*-1;+2. The van der Waals surface area contributed by atoms with Gasteiger partial charge in [-0.15, -0.1) is 12.1 Å². The van der Waals surface area contributed by atoms with Crippen LogP contribution in [-0.4, -0.2) is 14.6 Å². The fourth-order valence-corrected chi connectivity index (χ4v) is 3.36. The second-order valence-electron chi connectivity index (χ2n) is 5.73. The van der Waals surface area contributed by atoms with Gasteiger partial charge in [0, 0.05) is 5.56 Å². The zero-order valence-electron chi connectivity index (χ0n) is 14.3. The summed E-state index contributed by atoms with van der Waals surface area (Å²) in [5, 5.41) is 4.75. The van der Waals surface area contributed by atoms with E-state index in [0.29, 0.717) is 0 Å². The van der Waals surface area contributed by atoms with Gasteiger partial charge >= 0.3 is 17.1 Å². The molecular formula is C22H16BrFeN3. The van der Waals surface area contributed by atoms with Crippen molar-refractivity contribution in [3.8, 4) is 22.5 Å². The molecule has 0 aliphatic rings. The van der Waals surface area contributed by atoms with Gasteiger partial charge < -0.3 is 0 Å². The molecule has 5 rings (SSSR count). The predicted molar refractivity (Wildman–Crippen MR) is 109 cm³/mol. The van der Waals surface area contributed by atoms with Crippen molar-refractivity contribution >= 4 is 21.6 Å². The van der Waals surface area contributed by atoms with E-state index in [1.54, 1.807) is 0 Å². The van der Waals surface area contributed by atoms with E-state index in [9.17, 15) is 0 Å². The van der Waals surface area contributed by atoms with Gasteiger partial charge in [-0.2, -0.15) is 35.4 Å². The van der Waals surface area contributed by atoms with Crippen LogP contribution in [0.25, 0.3) is 28.2 Å². The third kappa shape index (κ3) is 4.11. The van der Waals surface area contributed by atoms with Crippen LogP contribution in [-0.2, 0) is 17.1 Å². The Kier molecular flexibility index (Phi) is 6.40. The van der Waals surface area contributed by atoms with E-state index in [4.69, 9.17) is 5.10 Å². The molecule has 0 unspecified atom stereocenters. The minimum Gasteiger partial charge on any atom is -0.246 e. The smallest absolute Gasteiger partial charge is 0.246 e. The van der Waals surface area contributed by atoms with Gasteiger partial charge in [0.25, 0.3) is 0 Å². The van der Waals surface area contributed by atoms with Crippen LogP contribution in [0.2, 0.25) is 0 Å². The van der Waals surface area contributed by atoms with E-state index >= 15 is 0 Å². The number of fused-ring (bicyclic) bond motifs is 1. The van der Waals surface area contributed by atoms with Crippen molar-refractivity contribution in [2.24, 2.45) is 0 Å². The number of rotatable bonds is 2. The van der Waals surface area contributed by atoms with E-state index in [1.807, 2.05) is 77.4 Å². The summed E-state index contributed by atoms with van der Waals surface area (Å²) in [7, 11) is 0. The molecule has 5 aromatic rings. The molecule has 27 heavy (non-hydrogen) atoms. The van der Waals surface area contributed by atoms with Gasteiger partial charge in [-0.1, -0.05) is 42.0 Å². The van der Waals surface area contributed by atoms with Gasteiger partial charge in [-0.3, -0.25) is 0 Å². The molecule has 0 saturated carbocycles. The van der Waals surface area contributed by atoms with Crippen molar-refractivity contribution in [3.63, 3.8) is 0 Å². The number of hydrogen-bond donors (Lipinski definition) is 0. The summed E-state index contributed by atoms with van der Waals surface area (Å²) < 4.78 is 2.81. The summed E-state index contributed by atoms with van der Waals surface area (Å²) in [5.74, 6) is 0. The summed E-state index contributed by atoms with van der Waals surface area (Å²) in [6, 6.07) is 30.3. The van der Waals surface area contributed by atoms with Gasteiger partial charge in [0.05, 0.1) is 4.47 Å². The Hall–Kier alpha value is -2.46. The van der Waals surface area contributed by atoms with Crippen molar-refractivity contribution in [1.29, 1.82) is 0 Å². The molecule has 0 saturated heterocycles. The fourth-order valence-electron chi connectivity index (χ4n) is 2.78. The first kappa shape index (κ1) is 19.3. The van der Waals surface area contributed by atoms with Gasteiger partial charge in [-0.25, -0.2) is 21.6 Å². The Morgan fingerprint density at radius 2 is 1.59 bits per heavy atom. The average Bonchev–Trinajstić information content (AvgIpc) is 3.46. The maximum Gasteiger partial charge on any atom is 2.00 e. The first-order valence-corrected chi connectivity index (χ1v) is 9.11. The maximum atomic E-state index is 4.75. The largest absolute Gasteiger partial charge is 2.00 e. The molecule has 3 nitrogen and oxygen atoms in total. The van der Waals surface area contributed by atoms with E-state index in [2.05, 4.69) is 45.2 Å². The molecule has 0 aliphatic carbocycles. The summed E-state index contributed by atoms with van der Waals surface area (Å²) in [6.45, 7) is 0. The number of benzene rings is 1. The molecule has 3 aromatic carbocycles. The molecule has 2 aromatic heterocycles. The maximum absolute atomic E-state index is 4.75. The number of halogens is 1. The quantitative estimate of drug-likeness (QED) is 0.242. The van der Waals surface area contributed by atoms with Crippen LogP contribution < -0.4 is 0 Å². The van der Waals surface area contributed by atoms with Gasteiger partial charge in [0.15, 0.2) is 5.65 Å². The predicted octanol–water partition coefficient (Wildman–Crippen LogP) is 5.95. The number of nitrogens with zero attached hydrogens (tertiary/aromatic N) is 3. The first-order chi connectivity index (χ1) is 12.8. The zero-order valence-corrected chi connectivity index (χ0v) is 17.0. The average molecular weight is 458 g/mol. The molecule has 134 valence electrons. The van der Waals surface area contributed by atoms with Crippen molar-refractivity contribution in [2.75, 3.05) is 0 Å². The van der Waals surface area contributed by atoms with Gasteiger partial charge in [0.2, 0.25) is 0 Å². The van der Waals surface area contributed by atoms with E-state index in [1.165, 1.54) is 0 Å². The molecule has 0 N–H and O–H groups in total. The van der Waals surface area contributed by atoms with Crippen LogP contribution in [0, 0.1) is 0 Å². The molecule has 5 heteroatoms. The Bertz CT molecular complexity index is 1060. The molecule has 2 heterocycles. The van der Waals surface area contributed by atoms with Crippen LogP contribution in [0.15, 0.2) is 102 Å². The van der Waals surface area contributed by atoms with E-state index < -0.39 is 0 Å². The van der Waals surface area contributed by atoms with Crippen molar-refractivity contribution in [2.45, 2.75) is 0 Å². The third-order valence-corrected chi connectivity index (χ3v) is 4.75. The van der Waals surface area contributed by atoms with E-state index in [-0.39, 0.29) is 17.1 Å². The van der Waals surface area contributed by atoms with Crippen molar-refractivity contribution in [3.05, 3.63) is 102 Å². The van der Waals surface area contributed by atoms with Crippen LogP contribution in [0.1, 0.15) is 0 Å². The van der Waals surface area contributed by atoms with Crippen molar-refractivity contribution in [1.82, 2.24) is 14.6 Å². The second-order valence-corrected chi connectivity index (χ2v) is 6.52. The summed E-state index contributed by atoms with van der Waals surface area (Å²) in [5.41, 5.74) is 4.97. The molecule has 0 fully saturated rings. The number of hydrogen-bond acceptors (Lipinski definition) is 2. The van der Waals surface area contributed by atoms with Crippen molar-refractivity contribution < 1.29 is 17.1 Å². The van der Waals surface area contributed by atoms with Crippen LogP contribution in [0.4, 0.5) is 0 Å². The molecule has 0 bridgehead atoms. The molecule has 0 atom stereocenters. The Balaban J connectivity index is 0.000000306. The summed E-state index contributed by atoms with van der Waals surface area (Å²) >= 11 is 3.64. The molecule has 0 aliphatic heterocycles. The Labute approximate surface area is 177 Å². The van der Waals surface area contributed by atoms with Crippen LogP contribution in [0.3, 0.4) is 0 Å². The van der Waals surface area contributed by atoms with E-state index in [0.717, 1.165) is 32.6 Å². The van der Waals surface area contributed by atoms with Gasteiger partial charge in [-0.05, 0) is 27.8 Å². The minimum absolute atomic E-state index is 0. The van der Waals surface area contributed by atoms with Crippen LogP contribution in [0.5, 0.6) is 0 Å². The Morgan fingerprint density at radius 3 is 2.22 bits per heavy atom. The monoisotopic (exact) mass is 457 g/mol. The molecule has 0 amide bonds. The number of aromatic nitrogens is 3. The third-order valence-electron chi connectivity index (χ3n) is 4.02.